The van der Waals surface area contributed by atoms with E-state index in [2.05, 4.69) is 15.1 Å². The highest BCUT2D eigenvalue weighted by molar-refractivity contribution is 7.18. The van der Waals surface area contributed by atoms with E-state index in [0.717, 1.165) is 33.1 Å². The molecule has 0 saturated carbocycles. The van der Waals surface area contributed by atoms with E-state index in [4.69, 9.17) is 4.74 Å². The van der Waals surface area contributed by atoms with E-state index in [1.807, 2.05) is 33.8 Å². The molecule has 4 heterocycles. The Morgan fingerprint density at radius 3 is 2.87 bits per heavy atom. The average molecular weight is 330 g/mol. The lowest BCUT2D eigenvalue weighted by Crippen LogP contribution is -2.31. The molecule has 7 heteroatoms. The molecule has 3 aromatic heterocycles. The van der Waals surface area contributed by atoms with Crippen molar-refractivity contribution in [3.05, 3.63) is 38.2 Å². The monoisotopic (exact) mass is 330 g/mol. The first kappa shape index (κ1) is 14.6. The molecule has 0 fully saturated rings. The van der Waals surface area contributed by atoms with Crippen LogP contribution in [0.3, 0.4) is 0 Å². The van der Waals surface area contributed by atoms with Crippen molar-refractivity contribution in [3.8, 4) is 5.95 Å². The van der Waals surface area contributed by atoms with E-state index in [9.17, 15) is 4.79 Å². The second kappa shape index (κ2) is 4.75. The summed E-state index contributed by atoms with van der Waals surface area (Å²) in [6, 6.07) is 1.96. The Balaban J connectivity index is 1.94. The first-order chi connectivity index (χ1) is 10.8. The van der Waals surface area contributed by atoms with Crippen molar-refractivity contribution < 1.29 is 4.74 Å². The van der Waals surface area contributed by atoms with Gasteiger partial charge in [-0.15, -0.1) is 11.3 Å². The number of rotatable bonds is 1. The number of aryl methyl sites for hydroxylation is 2. The predicted octanol–water partition coefficient (Wildman–Crippen LogP) is 2.64. The van der Waals surface area contributed by atoms with Gasteiger partial charge in [0.15, 0.2) is 0 Å². The molecule has 0 unspecified atom stereocenters. The van der Waals surface area contributed by atoms with Crippen LogP contribution in [0.15, 0.2) is 10.9 Å². The standard InChI is InChI=1S/C16H18N4O2S/c1-8-5-9(2)20(19-8)15-17-13(21)12-10-6-16(3,4)22-7-11(10)23-14(12)18-15/h5H,6-7H2,1-4H3,(H,17,18,21). The molecule has 0 bridgehead atoms. The van der Waals surface area contributed by atoms with Crippen LogP contribution in [-0.4, -0.2) is 25.3 Å². The van der Waals surface area contributed by atoms with Gasteiger partial charge in [0.25, 0.3) is 5.56 Å². The molecule has 0 aliphatic carbocycles. The van der Waals surface area contributed by atoms with Crippen LogP contribution in [0.2, 0.25) is 0 Å². The molecule has 0 radical (unpaired) electrons. The second-order valence-electron chi connectivity index (χ2n) is 6.64. The van der Waals surface area contributed by atoms with E-state index in [1.54, 1.807) is 4.68 Å². The summed E-state index contributed by atoms with van der Waals surface area (Å²) in [6.45, 7) is 8.50. The van der Waals surface area contributed by atoms with Crippen LogP contribution in [0.4, 0.5) is 0 Å². The van der Waals surface area contributed by atoms with Crippen LogP contribution in [-0.2, 0) is 17.8 Å². The zero-order chi connectivity index (χ0) is 16.4. The van der Waals surface area contributed by atoms with E-state index in [0.29, 0.717) is 17.9 Å². The van der Waals surface area contributed by atoms with Gasteiger partial charge in [0, 0.05) is 17.0 Å². The van der Waals surface area contributed by atoms with Crippen LogP contribution in [0, 0.1) is 13.8 Å². The molecule has 1 N–H and O–H groups in total. The first-order valence-electron chi connectivity index (χ1n) is 7.56. The number of H-pyrrole nitrogens is 1. The number of aromatic nitrogens is 4. The summed E-state index contributed by atoms with van der Waals surface area (Å²) in [5, 5.41) is 5.10. The van der Waals surface area contributed by atoms with Gasteiger partial charge in [-0.25, -0.2) is 9.67 Å². The van der Waals surface area contributed by atoms with E-state index >= 15 is 0 Å². The molecule has 0 amide bonds. The SMILES string of the molecule is Cc1cc(C)n(-c2nc3sc4c(c3c(=O)[nH]2)CC(C)(C)OC4)n1. The van der Waals surface area contributed by atoms with Gasteiger partial charge in [-0.3, -0.25) is 9.78 Å². The number of thiophene rings is 1. The molecule has 23 heavy (non-hydrogen) atoms. The third kappa shape index (κ3) is 2.31. The Kier molecular flexibility index (Phi) is 3.01. The minimum atomic E-state index is -0.248. The molecular formula is C16H18N4O2S. The van der Waals surface area contributed by atoms with Crippen molar-refractivity contribution in [1.82, 2.24) is 19.7 Å². The molecule has 1 aliphatic rings. The topological polar surface area (TPSA) is 72.8 Å². The fourth-order valence-electron chi connectivity index (χ4n) is 3.08. The molecule has 0 spiro atoms. The van der Waals surface area contributed by atoms with Crippen LogP contribution >= 0.6 is 11.3 Å². The van der Waals surface area contributed by atoms with E-state index in [-0.39, 0.29) is 11.2 Å². The molecular weight excluding hydrogens is 312 g/mol. The molecule has 1 aliphatic heterocycles. The van der Waals surface area contributed by atoms with Gasteiger partial charge in [0.1, 0.15) is 4.83 Å². The van der Waals surface area contributed by atoms with Gasteiger partial charge >= 0.3 is 0 Å². The number of nitrogens with zero attached hydrogens (tertiary/aromatic N) is 3. The summed E-state index contributed by atoms with van der Waals surface area (Å²) in [7, 11) is 0. The molecule has 120 valence electrons. The molecule has 0 atom stereocenters. The van der Waals surface area contributed by atoms with Crippen molar-refractivity contribution in [2.45, 2.75) is 46.3 Å². The van der Waals surface area contributed by atoms with E-state index < -0.39 is 0 Å². The maximum atomic E-state index is 12.7. The van der Waals surface area contributed by atoms with Crippen molar-refractivity contribution >= 4 is 21.6 Å². The maximum absolute atomic E-state index is 12.7. The summed E-state index contributed by atoms with van der Waals surface area (Å²) < 4.78 is 7.53. The second-order valence-corrected chi connectivity index (χ2v) is 7.72. The molecule has 6 nitrogen and oxygen atoms in total. The van der Waals surface area contributed by atoms with Crippen molar-refractivity contribution in [1.29, 1.82) is 0 Å². The number of hydrogen-bond donors (Lipinski definition) is 1. The molecule has 4 rings (SSSR count). The fraction of sp³-hybridized carbons (Fsp3) is 0.438. The summed E-state index contributed by atoms with van der Waals surface area (Å²) in [6.07, 6.45) is 0.729. The summed E-state index contributed by atoms with van der Waals surface area (Å²) in [5.41, 5.74) is 2.56. The highest BCUT2D eigenvalue weighted by Gasteiger charge is 2.30. The van der Waals surface area contributed by atoms with Crippen LogP contribution in [0.25, 0.3) is 16.2 Å². The lowest BCUT2D eigenvalue weighted by molar-refractivity contribution is -0.0379. The molecule has 3 aromatic rings. The fourth-order valence-corrected chi connectivity index (χ4v) is 4.18. The number of ether oxygens (including phenoxy) is 1. The van der Waals surface area contributed by atoms with Gasteiger partial charge in [0.2, 0.25) is 5.95 Å². The van der Waals surface area contributed by atoms with Gasteiger partial charge in [0.05, 0.1) is 23.3 Å². The predicted molar refractivity (Wildman–Crippen MR) is 89.4 cm³/mol. The van der Waals surface area contributed by atoms with Gasteiger partial charge in [-0.2, -0.15) is 5.10 Å². The number of fused-ring (bicyclic) bond motifs is 3. The molecule has 0 saturated heterocycles. The smallest absolute Gasteiger partial charge is 0.261 e. The zero-order valence-electron chi connectivity index (χ0n) is 13.6. The highest BCUT2D eigenvalue weighted by Crippen LogP contribution is 2.36. The third-order valence-corrected chi connectivity index (χ3v) is 5.24. The number of nitrogens with one attached hydrogen (secondary N) is 1. The van der Waals surface area contributed by atoms with Crippen LogP contribution in [0.1, 0.15) is 35.7 Å². The Hall–Kier alpha value is -1.99. The van der Waals surface area contributed by atoms with Gasteiger partial charge < -0.3 is 4.74 Å². The van der Waals surface area contributed by atoms with Crippen LogP contribution in [0.5, 0.6) is 0 Å². The highest BCUT2D eigenvalue weighted by atomic mass is 32.1. The summed E-state index contributed by atoms with van der Waals surface area (Å²) in [4.78, 5) is 22.0. The van der Waals surface area contributed by atoms with Gasteiger partial charge in [-0.1, -0.05) is 0 Å². The van der Waals surface area contributed by atoms with Gasteiger partial charge in [-0.05, 0) is 39.3 Å². The Bertz CT molecular complexity index is 980. The van der Waals surface area contributed by atoms with Crippen LogP contribution < -0.4 is 5.56 Å². The Morgan fingerprint density at radius 1 is 1.39 bits per heavy atom. The zero-order valence-corrected chi connectivity index (χ0v) is 14.4. The quantitative estimate of drug-likeness (QED) is 0.744. The van der Waals surface area contributed by atoms with Crippen molar-refractivity contribution in [3.63, 3.8) is 0 Å². The van der Waals surface area contributed by atoms with Crippen molar-refractivity contribution in [2.75, 3.05) is 0 Å². The normalized spacial score (nSPS) is 16.7. The summed E-state index contributed by atoms with van der Waals surface area (Å²) in [5.74, 6) is 0.465. The van der Waals surface area contributed by atoms with E-state index in [1.165, 1.54) is 11.3 Å². The first-order valence-corrected chi connectivity index (χ1v) is 8.38. The number of hydrogen-bond acceptors (Lipinski definition) is 5. The average Bonchev–Trinajstić information content (AvgIpc) is 2.97. The van der Waals surface area contributed by atoms with Crippen molar-refractivity contribution in [2.24, 2.45) is 0 Å². The largest absolute Gasteiger partial charge is 0.370 e. The molecule has 0 aromatic carbocycles. The Morgan fingerprint density at radius 2 is 2.17 bits per heavy atom. The minimum absolute atomic E-state index is 0.104. The number of aromatic amines is 1. The third-order valence-electron chi connectivity index (χ3n) is 4.14. The lowest BCUT2D eigenvalue weighted by Gasteiger charge is -2.29. The summed E-state index contributed by atoms with van der Waals surface area (Å²) >= 11 is 1.54. The Labute approximate surface area is 137 Å². The minimum Gasteiger partial charge on any atom is -0.370 e. The maximum Gasteiger partial charge on any atom is 0.261 e. The lowest BCUT2D eigenvalue weighted by atomic mass is 9.94.